The molecule has 0 saturated heterocycles. The van der Waals surface area contributed by atoms with Crippen LogP contribution in [0.5, 0.6) is 0 Å². The maximum absolute atomic E-state index is 13.3. The van der Waals surface area contributed by atoms with Gasteiger partial charge in [-0.2, -0.15) is 0 Å². The molecule has 1 unspecified atom stereocenters. The minimum atomic E-state index is -0.462. The Kier molecular flexibility index (Phi) is 10.2. The van der Waals surface area contributed by atoms with E-state index in [9.17, 15) is 14.4 Å². The quantitative estimate of drug-likeness (QED) is 0.132. The van der Waals surface area contributed by atoms with E-state index < -0.39 is 5.91 Å². The summed E-state index contributed by atoms with van der Waals surface area (Å²) in [5.41, 5.74) is 4.73. The highest BCUT2D eigenvalue weighted by molar-refractivity contribution is 9.10. The summed E-state index contributed by atoms with van der Waals surface area (Å²) in [5, 5.41) is 8.31. The van der Waals surface area contributed by atoms with Gasteiger partial charge in [-0.1, -0.05) is 64.5 Å². The van der Waals surface area contributed by atoms with Gasteiger partial charge in [0.15, 0.2) is 0 Å². The molecular formula is C33H30BrN3O3S. The largest absolute Gasteiger partial charge is 0.325 e. The Morgan fingerprint density at radius 1 is 0.805 bits per heavy atom. The first-order chi connectivity index (χ1) is 19.7. The number of thioether (sulfide) groups is 1. The minimum Gasteiger partial charge on any atom is -0.325 e. The molecule has 6 nitrogen and oxygen atoms in total. The highest BCUT2D eigenvalue weighted by atomic mass is 79.9. The molecule has 0 aromatic heterocycles. The molecule has 0 saturated carbocycles. The third-order valence-corrected chi connectivity index (χ3v) is 7.82. The fourth-order valence-corrected chi connectivity index (χ4v) is 5.30. The van der Waals surface area contributed by atoms with E-state index in [1.54, 1.807) is 42.5 Å². The first kappa shape index (κ1) is 29.8. The Morgan fingerprint density at radius 3 is 2.12 bits per heavy atom. The number of amides is 3. The van der Waals surface area contributed by atoms with E-state index in [1.807, 2.05) is 81.4 Å². The Balaban J connectivity index is 1.44. The van der Waals surface area contributed by atoms with Gasteiger partial charge in [0.1, 0.15) is 5.70 Å². The van der Waals surface area contributed by atoms with Crippen LogP contribution in [0.3, 0.4) is 0 Å². The lowest BCUT2D eigenvalue weighted by Gasteiger charge is -2.16. The Labute approximate surface area is 252 Å². The number of halogens is 1. The van der Waals surface area contributed by atoms with E-state index in [1.165, 1.54) is 11.8 Å². The second-order valence-electron chi connectivity index (χ2n) is 9.43. The van der Waals surface area contributed by atoms with Gasteiger partial charge >= 0.3 is 0 Å². The molecule has 8 heteroatoms. The van der Waals surface area contributed by atoms with Crippen LogP contribution in [0.4, 0.5) is 11.4 Å². The van der Waals surface area contributed by atoms with Gasteiger partial charge in [-0.3, -0.25) is 14.4 Å². The van der Waals surface area contributed by atoms with Gasteiger partial charge in [0.2, 0.25) is 5.91 Å². The minimum absolute atomic E-state index is 0.0822. The molecule has 0 aliphatic heterocycles. The van der Waals surface area contributed by atoms with E-state index in [4.69, 9.17) is 0 Å². The number of hydrogen-bond donors (Lipinski definition) is 3. The third kappa shape index (κ3) is 8.42. The maximum atomic E-state index is 13.3. The lowest BCUT2D eigenvalue weighted by molar-refractivity contribution is -0.115. The molecule has 4 rings (SSSR count). The molecule has 4 aromatic carbocycles. The van der Waals surface area contributed by atoms with Gasteiger partial charge in [0, 0.05) is 26.3 Å². The number of anilines is 2. The summed E-state index contributed by atoms with van der Waals surface area (Å²) in [4.78, 5) is 39.9. The van der Waals surface area contributed by atoms with E-state index >= 15 is 0 Å². The summed E-state index contributed by atoms with van der Waals surface area (Å²) in [7, 11) is 0. The van der Waals surface area contributed by atoms with Crippen LogP contribution in [0.15, 0.2) is 112 Å². The lowest BCUT2D eigenvalue weighted by atomic mass is 10.1. The van der Waals surface area contributed by atoms with Crippen molar-refractivity contribution in [2.75, 3.05) is 10.6 Å². The molecule has 41 heavy (non-hydrogen) atoms. The highest BCUT2D eigenvalue weighted by Gasteiger charge is 2.18. The third-order valence-electron chi connectivity index (χ3n) is 6.21. The summed E-state index contributed by atoms with van der Waals surface area (Å²) in [6, 6.07) is 29.3. The first-order valence-electron chi connectivity index (χ1n) is 13.0. The van der Waals surface area contributed by atoms with Gasteiger partial charge < -0.3 is 16.0 Å². The second kappa shape index (κ2) is 14.0. The van der Waals surface area contributed by atoms with Crippen LogP contribution in [0.2, 0.25) is 0 Å². The molecule has 0 spiro atoms. The molecule has 0 fully saturated rings. The fraction of sp³-hybridized carbons (Fsp3) is 0.121. The van der Waals surface area contributed by atoms with Crippen molar-refractivity contribution in [3.63, 3.8) is 0 Å². The molecule has 3 N–H and O–H groups in total. The van der Waals surface area contributed by atoms with Crippen molar-refractivity contribution in [1.29, 1.82) is 0 Å². The molecular weight excluding hydrogens is 598 g/mol. The maximum Gasteiger partial charge on any atom is 0.272 e. The van der Waals surface area contributed by atoms with Crippen LogP contribution >= 0.6 is 27.7 Å². The summed E-state index contributed by atoms with van der Waals surface area (Å²) in [6.45, 7) is 5.80. The van der Waals surface area contributed by atoms with E-state index in [2.05, 4.69) is 31.9 Å². The monoisotopic (exact) mass is 627 g/mol. The number of rotatable bonds is 9. The van der Waals surface area contributed by atoms with Gasteiger partial charge in [-0.05, 0) is 92.1 Å². The van der Waals surface area contributed by atoms with E-state index in [0.29, 0.717) is 11.3 Å². The van der Waals surface area contributed by atoms with Crippen LogP contribution in [-0.4, -0.2) is 23.0 Å². The van der Waals surface area contributed by atoms with Crippen LogP contribution in [-0.2, 0) is 9.59 Å². The average Bonchev–Trinajstić information content (AvgIpc) is 2.96. The zero-order valence-corrected chi connectivity index (χ0v) is 25.3. The normalized spacial score (nSPS) is 11.9. The number of carbonyl (C=O) groups excluding carboxylic acids is 3. The molecule has 0 aliphatic carbocycles. The number of hydrogen-bond acceptors (Lipinski definition) is 4. The van der Waals surface area contributed by atoms with Crippen LogP contribution in [0.25, 0.3) is 6.08 Å². The van der Waals surface area contributed by atoms with Crippen LogP contribution in [0, 0.1) is 13.8 Å². The number of para-hydroxylation sites is 1. The van der Waals surface area contributed by atoms with E-state index in [0.717, 1.165) is 31.7 Å². The molecule has 208 valence electrons. The van der Waals surface area contributed by atoms with Crippen molar-refractivity contribution in [2.24, 2.45) is 0 Å². The predicted octanol–water partition coefficient (Wildman–Crippen LogP) is 7.59. The molecule has 0 bridgehead atoms. The van der Waals surface area contributed by atoms with Gasteiger partial charge in [-0.25, -0.2) is 0 Å². The second-order valence-corrected chi connectivity index (χ2v) is 11.8. The van der Waals surface area contributed by atoms with Gasteiger partial charge in [0.05, 0.1) is 5.25 Å². The number of aryl methyl sites for hydroxylation is 2. The van der Waals surface area contributed by atoms with Crippen molar-refractivity contribution in [3.8, 4) is 0 Å². The predicted molar refractivity (Wildman–Crippen MR) is 171 cm³/mol. The standard InChI is InChI=1S/C33H30BrN3O3S/c1-21-9-7-10-22(2)30(21)37-31(38)23(3)41-28-17-15-27(16-18-28)35-33(40)29(20-24-11-8-14-26(34)19-24)36-32(39)25-12-5-4-6-13-25/h4-20,23H,1-3H3,(H,35,40)(H,36,39)(H,37,38)/b29-20-. The average molecular weight is 629 g/mol. The van der Waals surface area contributed by atoms with Crippen molar-refractivity contribution < 1.29 is 14.4 Å². The van der Waals surface area contributed by atoms with Crippen molar-refractivity contribution in [1.82, 2.24) is 5.32 Å². The molecule has 1 atom stereocenters. The zero-order valence-electron chi connectivity index (χ0n) is 22.9. The van der Waals surface area contributed by atoms with Crippen molar-refractivity contribution in [3.05, 3.63) is 129 Å². The molecule has 3 amide bonds. The van der Waals surface area contributed by atoms with Crippen LogP contribution in [0.1, 0.15) is 34.0 Å². The molecule has 0 heterocycles. The van der Waals surface area contributed by atoms with Gasteiger partial charge in [-0.15, -0.1) is 11.8 Å². The number of benzene rings is 4. The SMILES string of the molecule is Cc1cccc(C)c1NC(=O)C(C)Sc1ccc(NC(=O)/C(=C/c2cccc(Br)c2)NC(=O)c2ccccc2)cc1. The number of nitrogens with one attached hydrogen (secondary N) is 3. The summed E-state index contributed by atoms with van der Waals surface area (Å²) >= 11 is 4.87. The molecule has 4 aromatic rings. The molecule has 0 radical (unpaired) electrons. The van der Waals surface area contributed by atoms with Gasteiger partial charge in [0.25, 0.3) is 11.8 Å². The molecule has 0 aliphatic rings. The summed E-state index contributed by atoms with van der Waals surface area (Å²) in [6.07, 6.45) is 1.63. The topological polar surface area (TPSA) is 87.3 Å². The van der Waals surface area contributed by atoms with Crippen molar-refractivity contribution in [2.45, 2.75) is 30.9 Å². The Bertz CT molecular complexity index is 1570. The Morgan fingerprint density at radius 2 is 1.46 bits per heavy atom. The summed E-state index contributed by atoms with van der Waals surface area (Å²) < 4.78 is 0.852. The van der Waals surface area contributed by atoms with E-state index in [-0.39, 0.29) is 22.8 Å². The smallest absolute Gasteiger partial charge is 0.272 e. The van der Waals surface area contributed by atoms with Crippen LogP contribution < -0.4 is 16.0 Å². The summed E-state index contributed by atoms with van der Waals surface area (Å²) in [5.74, 6) is -0.931. The first-order valence-corrected chi connectivity index (χ1v) is 14.7. The lowest BCUT2D eigenvalue weighted by Crippen LogP contribution is -2.30. The zero-order chi connectivity index (χ0) is 29.4. The number of carbonyl (C=O) groups is 3. The highest BCUT2D eigenvalue weighted by Crippen LogP contribution is 2.27. The Hall–Kier alpha value is -4.14. The van der Waals surface area contributed by atoms with Crippen molar-refractivity contribution >= 4 is 62.9 Å². The fourth-order valence-electron chi connectivity index (χ4n) is 4.01.